The molecule has 1 heterocycles. The first-order valence-electron chi connectivity index (χ1n) is 7.01. The van der Waals surface area contributed by atoms with Crippen LogP contribution in [-0.2, 0) is 23.9 Å². The Morgan fingerprint density at radius 3 is 2.81 bits per heavy atom. The number of nitrogens with zero attached hydrogens (tertiary/aromatic N) is 1. The summed E-state index contributed by atoms with van der Waals surface area (Å²) in [5.74, 6) is -0.253. The van der Waals surface area contributed by atoms with E-state index in [1.54, 1.807) is 4.90 Å². The third kappa shape index (κ3) is 4.23. The fourth-order valence-corrected chi connectivity index (χ4v) is 3.04. The Bertz CT molecular complexity index is 458. The first-order valence-corrected chi connectivity index (χ1v) is 8.00. The molecule has 6 nitrogen and oxygen atoms in total. The van der Waals surface area contributed by atoms with Gasteiger partial charge >= 0.3 is 11.9 Å². The highest BCUT2D eigenvalue weighted by atomic mass is 32.2. The monoisotopic (exact) mass is 313 g/mol. The molecule has 1 aliphatic heterocycles. The third-order valence-corrected chi connectivity index (χ3v) is 4.59. The van der Waals surface area contributed by atoms with Crippen LogP contribution in [0.2, 0.25) is 0 Å². The minimum atomic E-state index is -0.478. The summed E-state index contributed by atoms with van der Waals surface area (Å²) in [6, 6.07) is 0. The summed E-state index contributed by atoms with van der Waals surface area (Å²) in [6.45, 7) is 0.738. The molecule has 0 atom stereocenters. The van der Waals surface area contributed by atoms with Crippen LogP contribution in [0.3, 0.4) is 0 Å². The van der Waals surface area contributed by atoms with Crippen molar-refractivity contribution in [1.29, 1.82) is 0 Å². The van der Waals surface area contributed by atoms with E-state index in [4.69, 9.17) is 4.74 Å². The molecule has 7 heteroatoms. The van der Waals surface area contributed by atoms with E-state index in [2.05, 4.69) is 4.74 Å². The van der Waals surface area contributed by atoms with E-state index >= 15 is 0 Å². The molecule has 0 aromatic heterocycles. The zero-order chi connectivity index (χ0) is 15.2. The normalized spacial score (nSPS) is 20.5. The van der Waals surface area contributed by atoms with E-state index in [0.29, 0.717) is 30.4 Å². The van der Waals surface area contributed by atoms with Crippen LogP contribution in [-0.4, -0.2) is 48.8 Å². The van der Waals surface area contributed by atoms with Gasteiger partial charge in [-0.05, 0) is 19.3 Å². The van der Waals surface area contributed by atoms with Crippen molar-refractivity contribution < 1.29 is 23.9 Å². The van der Waals surface area contributed by atoms with Crippen LogP contribution in [0.25, 0.3) is 0 Å². The molecule has 0 aromatic rings. The van der Waals surface area contributed by atoms with Crippen molar-refractivity contribution in [3.05, 3.63) is 11.1 Å². The first-order chi connectivity index (χ1) is 10.1. The first kappa shape index (κ1) is 15.9. The molecule has 0 N–H and O–H groups in total. The van der Waals surface area contributed by atoms with Crippen LogP contribution in [0.4, 0.5) is 0 Å². The largest absolute Gasteiger partial charge is 0.466 e. The van der Waals surface area contributed by atoms with Crippen molar-refractivity contribution in [2.24, 2.45) is 5.92 Å². The van der Waals surface area contributed by atoms with Crippen molar-refractivity contribution >= 4 is 29.6 Å². The van der Waals surface area contributed by atoms with Crippen molar-refractivity contribution in [1.82, 2.24) is 4.90 Å². The van der Waals surface area contributed by atoms with Gasteiger partial charge in [-0.25, -0.2) is 4.79 Å². The highest BCUT2D eigenvalue weighted by molar-refractivity contribution is 8.04. The molecule has 116 valence electrons. The number of hydrogen-bond donors (Lipinski definition) is 0. The number of ether oxygens (including phenoxy) is 2. The molecule has 0 aromatic carbocycles. The van der Waals surface area contributed by atoms with Gasteiger partial charge in [0.05, 0.1) is 36.5 Å². The highest BCUT2D eigenvalue weighted by Gasteiger charge is 2.28. The molecule has 21 heavy (non-hydrogen) atoms. The SMILES string of the molecule is COC(=O)C=C1SCC(=O)N1CCCOC(=O)C1CCC1. The maximum Gasteiger partial charge on any atom is 0.333 e. The van der Waals surface area contributed by atoms with Crippen LogP contribution in [0, 0.1) is 5.92 Å². The second-order valence-corrected chi connectivity index (χ2v) is 5.98. The van der Waals surface area contributed by atoms with Crippen molar-refractivity contribution in [3.8, 4) is 0 Å². The summed E-state index contributed by atoms with van der Waals surface area (Å²) in [6.07, 6.45) is 4.82. The number of carbonyl (C=O) groups excluding carboxylic acids is 3. The quantitative estimate of drug-likeness (QED) is 0.418. The smallest absolute Gasteiger partial charge is 0.333 e. The maximum atomic E-state index is 11.8. The van der Waals surface area contributed by atoms with Gasteiger partial charge in [0.15, 0.2) is 0 Å². The fraction of sp³-hybridized carbons (Fsp3) is 0.643. The van der Waals surface area contributed by atoms with Gasteiger partial charge in [-0.3, -0.25) is 9.59 Å². The van der Waals surface area contributed by atoms with E-state index in [1.807, 2.05) is 0 Å². The lowest BCUT2D eigenvalue weighted by Gasteiger charge is -2.23. The molecule has 1 amide bonds. The van der Waals surface area contributed by atoms with Gasteiger partial charge in [0.25, 0.3) is 0 Å². The Kier molecular flexibility index (Phi) is 5.67. The number of carbonyl (C=O) groups is 3. The predicted octanol–water partition coefficient (Wildman–Crippen LogP) is 1.31. The standard InChI is InChI=1S/C14H19NO5S/c1-19-13(17)8-12-15(11(16)9-21-12)6-3-7-20-14(18)10-4-2-5-10/h8,10H,2-7,9H2,1H3. The molecule has 2 fully saturated rings. The third-order valence-electron chi connectivity index (χ3n) is 3.56. The number of amides is 1. The van der Waals surface area contributed by atoms with Gasteiger partial charge in [0.1, 0.15) is 0 Å². The summed E-state index contributed by atoms with van der Waals surface area (Å²) < 4.78 is 9.75. The van der Waals surface area contributed by atoms with E-state index in [0.717, 1.165) is 19.3 Å². The Balaban J connectivity index is 1.74. The van der Waals surface area contributed by atoms with Crippen LogP contribution >= 0.6 is 11.8 Å². The fourth-order valence-electron chi connectivity index (χ4n) is 2.09. The molecule has 1 aliphatic carbocycles. The molecular formula is C14H19NO5S. The predicted molar refractivity (Wildman–Crippen MR) is 77.2 cm³/mol. The molecule has 1 saturated carbocycles. The number of rotatable bonds is 6. The van der Waals surface area contributed by atoms with Crippen LogP contribution in [0.5, 0.6) is 0 Å². The molecule has 2 rings (SSSR count). The maximum absolute atomic E-state index is 11.8. The number of esters is 2. The van der Waals surface area contributed by atoms with Gasteiger partial charge < -0.3 is 14.4 Å². The Morgan fingerprint density at radius 2 is 2.19 bits per heavy atom. The molecule has 0 unspecified atom stereocenters. The molecule has 0 spiro atoms. The molecular weight excluding hydrogens is 294 g/mol. The average Bonchev–Trinajstić information content (AvgIpc) is 2.73. The van der Waals surface area contributed by atoms with Gasteiger partial charge in [-0.2, -0.15) is 0 Å². The zero-order valence-electron chi connectivity index (χ0n) is 12.0. The number of methoxy groups -OCH3 is 1. The van der Waals surface area contributed by atoms with Gasteiger partial charge in [-0.1, -0.05) is 18.2 Å². The number of hydrogen-bond acceptors (Lipinski definition) is 6. The van der Waals surface area contributed by atoms with Crippen LogP contribution in [0.15, 0.2) is 11.1 Å². The van der Waals surface area contributed by atoms with Gasteiger partial charge in [0.2, 0.25) is 5.91 Å². The molecule has 0 radical (unpaired) electrons. The minimum Gasteiger partial charge on any atom is -0.466 e. The highest BCUT2D eigenvalue weighted by Crippen LogP contribution is 2.29. The van der Waals surface area contributed by atoms with Crippen LogP contribution < -0.4 is 0 Å². The van der Waals surface area contributed by atoms with Gasteiger partial charge in [-0.15, -0.1) is 0 Å². The topological polar surface area (TPSA) is 72.9 Å². The summed E-state index contributed by atoms with van der Waals surface area (Å²) in [5, 5.41) is 0.595. The zero-order valence-corrected chi connectivity index (χ0v) is 12.8. The summed E-state index contributed by atoms with van der Waals surface area (Å²) in [7, 11) is 1.30. The second kappa shape index (κ2) is 7.49. The summed E-state index contributed by atoms with van der Waals surface area (Å²) in [4.78, 5) is 36.1. The Labute approximate surface area is 127 Å². The van der Waals surface area contributed by atoms with Gasteiger partial charge in [0, 0.05) is 6.54 Å². The van der Waals surface area contributed by atoms with E-state index in [1.165, 1.54) is 24.9 Å². The summed E-state index contributed by atoms with van der Waals surface area (Å²) in [5.41, 5.74) is 0. The molecule has 1 saturated heterocycles. The number of thioether (sulfide) groups is 1. The van der Waals surface area contributed by atoms with E-state index in [-0.39, 0.29) is 17.8 Å². The summed E-state index contributed by atoms with van der Waals surface area (Å²) >= 11 is 1.31. The van der Waals surface area contributed by atoms with Crippen LogP contribution in [0.1, 0.15) is 25.7 Å². The minimum absolute atomic E-state index is 0.0412. The Morgan fingerprint density at radius 1 is 1.43 bits per heavy atom. The van der Waals surface area contributed by atoms with Crippen molar-refractivity contribution in [2.75, 3.05) is 26.0 Å². The molecule has 0 bridgehead atoms. The lowest BCUT2D eigenvalue weighted by molar-refractivity contribution is -0.151. The van der Waals surface area contributed by atoms with E-state index in [9.17, 15) is 14.4 Å². The molecule has 2 aliphatic rings. The lowest BCUT2D eigenvalue weighted by Crippen LogP contribution is -2.28. The van der Waals surface area contributed by atoms with Crippen molar-refractivity contribution in [2.45, 2.75) is 25.7 Å². The average molecular weight is 313 g/mol. The lowest BCUT2D eigenvalue weighted by atomic mass is 9.86. The van der Waals surface area contributed by atoms with E-state index < -0.39 is 5.97 Å². The Hall–Kier alpha value is -1.50. The second-order valence-electron chi connectivity index (χ2n) is 4.99. The van der Waals surface area contributed by atoms with Crippen molar-refractivity contribution in [3.63, 3.8) is 0 Å².